The lowest BCUT2D eigenvalue weighted by atomic mass is 10.2. The molecule has 3 rings (SSSR count). The number of hydrogen-bond acceptors (Lipinski definition) is 7. The van der Waals surface area contributed by atoms with E-state index >= 15 is 0 Å². The molecule has 0 unspecified atom stereocenters. The van der Waals surface area contributed by atoms with Crippen LogP contribution in [0.2, 0.25) is 0 Å². The van der Waals surface area contributed by atoms with Gasteiger partial charge in [0.15, 0.2) is 9.84 Å². The van der Waals surface area contributed by atoms with Crippen molar-refractivity contribution < 1.29 is 22.3 Å². The topological polar surface area (TPSA) is 97.4 Å². The number of nitrogens with zero attached hydrogens (tertiary/aromatic N) is 1. The first-order valence-corrected chi connectivity index (χ1v) is 10.2. The maximum Gasteiger partial charge on any atom is 0.253 e. The zero-order chi connectivity index (χ0) is 19.6. The highest BCUT2D eigenvalue weighted by molar-refractivity contribution is 7.92. The Morgan fingerprint density at radius 3 is 2.59 bits per heavy atom. The lowest BCUT2D eigenvalue weighted by Gasteiger charge is -2.06. The highest BCUT2D eigenvalue weighted by Gasteiger charge is 2.20. The molecule has 0 radical (unpaired) electrons. The summed E-state index contributed by atoms with van der Waals surface area (Å²) in [4.78, 5) is 16.2. The van der Waals surface area contributed by atoms with Gasteiger partial charge >= 0.3 is 0 Å². The van der Waals surface area contributed by atoms with E-state index in [-0.39, 0.29) is 4.90 Å². The summed E-state index contributed by atoms with van der Waals surface area (Å²) in [5.74, 6) is -1.49. The Bertz CT molecular complexity index is 1100. The van der Waals surface area contributed by atoms with Crippen molar-refractivity contribution in [3.05, 3.63) is 47.8 Å². The zero-order valence-corrected chi connectivity index (χ0v) is 16.1. The Morgan fingerprint density at radius 2 is 1.93 bits per heavy atom. The van der Waals surface area contributed by atoms with Gasteiger partial charge in [-0.2, -0.15) is 0 Å². The summed E-state index contributed by atoms with van der Waals surface area (Å²) in [5.41, 5.74) is 6.59. The minimum atomic E-state index is -3.88. The minimum Gasteiger partial charge on any atom is -0.494 e. The van der Waals surface area contributed by atoms with E-state index in [4.69, 9.17) is 4.74 Å². The van der Waals surface area contributed by atoms with Gasteiger partial charge in [0.2, 0.25) is 5.13 Å². The fraction of sp³-hybridized carbons (Fsp3) is 0.176. The maximum absolute atomic E-state index is 12.9. The molecule has 0 aliphatic rings. The van der Waals surface area contributed by atoms with Crippen LogP contribution in [0.5, 0.6) is 5.75 Å². The first-order valence-electron chi connectivity index (χ1n) is 7.77. The van der Waals surface area contributed by atoms with Crippen LogP contribution in [0.3, 0.4) is 0 Å². The number of amides is 1. The molecule has 27 heavy (non-hydrogen) atoms. The van der Waals surface area contributed by atoms with Crippen molar-refractivity contribution >= 4 is 42.4 Å². The summed E-state index contributed by atoms with van der Waals surface area (Å²) < 4.78 is 43.5. The fourth-order valence-electron chi connectivity index (χ4n) is 2.39. The molecular weight excluding hydrogens is 393 g/mol. The van der Waals surface area contributed by atoms with Gasteiger partial charge in [0.25, 0.3) is 5.91 Å². The molecule has 0 saturated heterocycles. The van der Waals surface area contributed by atoms with Crippen molar-refractivity contribution in [3.63, 3.8) is 0 Å². The van der Waals surface area contributed by atoms with Crippen molar-refractivity contribution in [2.45, 2.75) is 11.8 Å². The smallest absolute Gasteiger partial charge is 0.253 e. The molecule has 0 spiro atoms. The second-order valence-electron chi connectivity index (χ2n) is 5.67. The average molecular weight is 409 g/mol. The van der Waals surface area contributed by atoms with E-state index in [1.807, 2.05) is 13.0 Å². The molecule has 2 aromatic carbocycles. The monoisotopic (exact) mass is 409 g/mol. The highest BCUT2D eigenvalue weighted by Crippen LogP contribution is 2.34. The number of hydrazine groups is 1. The van der Waals surface area contributed by atoms with Crippen LogP contribution in [0, 0.1) is 12.7 Å². The summed E-state index contributed by atoms with van der Waals surface area (Å²) >= 11 is 1.30. The molecule has 1 amide bonds. The number of aromatic nitrogens is 1. The van der Waals surface area contributed by atoms with Gasteiger partial charge in [-0.1, -0.05) is 17.4 Å². The number of sulfone groups is 1. The average Bonchev–Trinajstić information content (AvgIpc) is 3.06. The fourth-order valence-corrected chi connectivity index (χ4v) is 4.42. The van der Waals surface area contributed by atoms with Gasteiger partial charge in [-0.15, -0.1) is 0 Å². The van der Waals surface area contributed by atoms with Crippen LogP contribution in [0.15, 0.2) is 41.3 Å². The van der Waals surface area contributed by atoms with E-state index in [0.717, 1.165) is 34.5 Å². The van der Waals surface area contributed by atoms with Crippen LogP contribution in [-0.2, 0) is 14.6 Å². The van der Waals surface area contributed by atoms with Gasteiger partial charge in [-0.25, -0.2) is 17.8 Å². The van der Waals surface area contributed by atoms with Crippen LogP contribution in [0.1, 0.15) is 5.56 Å². The molecule has 10 heteroatoms. The molecule has 2 N–H and O–H groups in total. The number of hydrogen-bond donors (Lipinski definition) is 2. The van der Waals surface area contributed by atoms with Gasteiger partial charge in [-0.3, -0.25) is 15.6 Å². The summed E-state index contributed by atoms with van der Waals surface area (Å²) in [6, 6.07) is 7.99. The summed E-state index contributed by atoms with van der Waals surface area (Å²) in [7, 11) is -2.34. The third-order valence-corrected chi connectivity index (χ3v) is 6.46. The lowest BCUT2D eigenvalue weighted by Crippen LogP contribution is -2.34. The van der Waals surface area contributed by atoms with E-state index in [9.17, 15) is 17.6 Å². The van der Waals surface area contributed by atoms with Crippen LogP contribution in [0.25, 0.3) is 10.2 Å². The lowest BCUT2D eigenvalue weighted by molar-refractivity contribution is -0.118. The molecule has 142 valence electrons. The number of benzene rings is 2. The van der Waals surface area contributed by atoms with E-state index in [1.165, 1.54) is 11.3 Å². The molecule has 0 fully saturated rings. The Labute approximate surface area is 159 Å². The molecule has 0 aliphatic heterocycles. The summed E-state index contributed by atoms with van der Waals surface area (Å²) in [5, 5.41) is 0.394. The molecule has 7 nitrogen and oxygen atoms in total. The number of fused-ring (bicyclic) bond motifs is 1. The Morgan fingerprint density at radius 1 is 1.22 bits per heavy atom. The van der Waals surface area contributed by atoms with E-state index in [0.29, 0.717) is 16.4 Å². The molecule has 1 heterocycles. The molecule has 0 atom stereocenters. The summed E-state index contributed by atoms with van der Waals surface area (Å²) in [6.07, 6.45) is 0. The summed E-state index contributed by atoms with van der Waals surface area (Å²) in [6.45, 7) is 1.93. The number of carbonyl (C=O) groups excluding carboxylic acids is 1. The molecule has 3 aromatic rings. The SMILES string of the molecule is COc1ccc(C)c2sc(NNC(=O)CS(=O)(=O)c3ccc(F)cc3)nc12. The quantitative estimate of drug-likeness (QED) is 0.480. The van der Waals surface area contributed by atoms with Crippen LogP contribution in [-0.4, -0.2) is 32.2 Å². The predicted molar refractivity (Wildman–Crippen MR) is 101 cm³/mol. The third-order valence-electron chi connectivity index (χ3n) is 3.73. The second kappa shape index (κ2) is 7.49. The van der Waals surface area contributed by atoms with Gasteiger partial charge in [0, 0.05) is 0 Å². The second-order valence-corrected chi connectivity index (χ2v) is 8.66. The zero-order valence-electron chi connectivity index (χ0n) is 14.4. The normalized spacial score (nSPS) is 11.4. The molecular formula is C17H16FN3O4S2. The Hall–Kier alpha value is -2.72. The van der Waals surface area contributed by atoms with Gasteiger partial charge in [-0.05, 0) is 42.8 Å². The van der Waals surface area contributed by atoms with Gasteiger partial charge in [0.1, 0.15) is 22.8 Å². The van der Waals surface area contributed by atoms with Crippen molar-refractivity contribution in [3.8, 4) is 5.75 Å². The number of nitrogens with one attached hydrogen (secondary N) is 2. The van der Waals surface area contributed by atoms with Crippen LogP contribution in [0.4, 0.5) is 9.52 Å². The number of ether oxygens (including phenoxy) is 1. The predicted octanol–water partition coefficient (Wildman–Crippen LogP) is 2.67. The largest absolute Gasteiger partial charge is 0.494 e. The number of anilines is 1. The number of aryl methyl sites for hydroxylation is 1. The molecule has 1 aromatic heterocycles. The van der Waals surface area contributed by atoms with Crippen molar-refractivity contribution in [2.24, 2.45) is 0 Å². The molecule has 0 aliphatic carbocycles. The number of thiazole rings is 1. The van der Waals surface area contributed by atoms with Crippen LogP contribution >= 0.6 is 11.3 Å². The number of carbonyl (C=O) groups is 1. The number of methoxy groups -OCH3 is 1. The van der Waals surface area contributed by atoms with Crippen LogP contribution < -0.4 is 15.6 Å². The van der Waals surface area contributed by atoms with Crippen molar-refractivity contribution in [2.75, 3.05) is 18.3 Å². The number of rotatable bonds is 6. The Balaban J connectivity index is 1.69. The first-order chi connectivity index (χ1) is 12.8. The highest BCUT2D eigenvalue weighted by atomic mass is 32.2. The first kappa shape index (κ1) is 19.1. The van der Waals surface area contributed by atoms with Gasteiger partial charge < -0.3 is 4.74 Å². The van der Waals surface area contributed by atoms with E-state index in [2.05, 4.69) is 15.8 Å². The van der Waals surface area contributed by atoms with E-state index in [1.54, 1.807) is 13.2 Å². The molecule has 0 bridgehead atoms. The third kappa shape index (κ3) is 4.17. The minimum absolute atomic E-state index is 0.126. The van der Waals surface area contributed by atoms with Crippen molar-refractivity contribution in [1.82, 2.24) is 10.4 Å². The standard InChI is InChI=1S/C17H16FN3O4S2/c1-10-3-8-13(25-2)15-16(10)26-17(19-15)21-20-14(22)9-27(23,24)12-6-4-11(18)5-7-12/h3-8H,9H2,1-2H3,(H,19,21)(H,20,22). The molecule has 0 saturated carbocycles. The number of halogens is 1. The van der Waals surface area contributed by atoms with Gasteiger partial charge in [0.05, 0.1) is 16.7 Å². The van der Waals surface area contributed by atoms with E-state index < -0.39 is 27.3 Å². The Kier molecular flexibility index (Phi) is 5.29. The maximum atomic E-state index is 12.9. The van der Waals surface area contributed by atoms with Crippen molar-refractivity contribution in [1.29, 1.82) is 0 Å².